The molecule has 0 spiro atoms. The number of hydrogen-bond donors (Lipinski definition) is 0. The number of hydrogen-bond acceptors (Lipinski definition) is 0. The third-order valence-electron chi connectivity index (χ3n) is 5.98. The molecule has 2 aliphatic carbocycles. The van der Waals surface area contributed by atoms with Crippen LogP contribution < -0.4 is 28.1 Å². The number of benzene rings is 2. The molecule has 0 nitrogen and oxygen atoms in total. The minimum Gasteiger partial charge on any atom is -1.00 e. The summed E-state index contributed by atoms with van der Waals surface area (Å²) in [6, 6.07) is 16.1. The van der Waals surface area contributed by atoms with Gasteiger partial charge in [0.15, 0.2) is 0 Å². The van der Waals surface area contributed by atoms with Crippen LogP contribution in [0, 0.1) is 0 Å². The maximum Gasteiger partial charge on any atom is -1.00 e. The van der Waals surface area contributed by atoms with Gasteiger partial charge in [-0.05, 0) is 0 Å². The molecule has 1 fully saturated rings. The summed E-state index contributed by atoms with van der Waals surface area (Å²) in [6.45, 7) is 2.51. The molecule has 3 heteroatoms. The van der Waals surface area contributed by atoms with Crippen LogP contribution in [0.1, 0.15) is 24.5 Å². The number of fused-ring (bicyclic) bond motifs is 3. The van der Waals surface area contributed by atoms with Gasteiger partial charge in [0.1, 0.15) is 0 Å². The molecule has 1 aliphatic heterocycles. The Hall–Kier alpha value is -0.617. The van der Waals surface area contributed by atoms with Crippen molar-refractivity contribution in [3.63, 3.8) is 0 Å². The Morgan fingerprint density at radius 2 is 1.71 bits per heavy atom. The quantitative estimate of drug-likeness (QED) is 0.492. The SMILES string of the molecule is C[CH]1[CH2][Zr+2]1([C]1=CC=CC1)[c]1cccc2c1Cc1ccccc1-2.[Cl-].[Cl-]. The zero-order valence-corrected chi connectivity index (χ0v) is 17.7. The van der Waals surface area contributed by atoms with Gasteiger partial charge in [-0.25, -0.2) is 0 Å². The van der Waals surface area contributed by atoms with Gasteiger partial charge in [-0.3, -0.25) is 0 Å². The normalized spacial score (nSPS) is 22.5. The van der Waals surface area contributed by atoms with Crippen LogP contribution in [0.2, 0.25) is 7.75 Å². The van der Waals surface area contributed by atoms with Gasteiger partial charge in [0.2, 0.25) is 0 Å². The Balaban J connectivity index is 0.000000845. The summed E-state index contributed by atoms with van der Waals surface area (Å²) in [5.41, 5.74) is 6.21. The predicted octanol–water partition coefficient (Wildman–Crippen LogP) is -0.871. The van der Waals surface area contributed by atoms with Gasteiger partial charge < -0.3 is 24.8 Å². The van der Waals surface area contributed by atoms with Crippen LogP contribution in [-0.4, -0.2) is 0 Å². The molecule has 122 valence electrons. The van der Waals surface area contributed by atoms with E-state index >= 15 is 0 Å². The summed E-state index contributed by atoms with van der Waals surface area (Å²) >= 11 is -2.27. The fourth-order valence-corrected chi connectivity index (χ4v) is 19.7. The van der Waals surface area contributed by atoms with E-state index in [0.717, 1.165) is 10.0 Å². The summed E-state index contributed by atoms with van der Waals surface area (Å²) in [4.78, 5) is 0. The van der Waals surface area contributed by atoms with Gasteiger partial charge >= 0.3 is 137 Å². The zero-order chi connectivity index (χ0) is 14.7. The second-order valence-electron chi connectivity index (χ2n) is 7.07. The van der Waals surface area contributed by atoms with Gasteiger partial charge in [0.25, 0.3) is 0 Å². The minimum atomic E-state index is -2.27. The molecule has 0 radical (unpaired) electrons. The van der Waals surface area contributed by atoms with Crippen LogP contribution in [0.5, 0.6) is 0 Å². The fourth-order valence-electron chi connectivity index (χ4n) is 4.77. The molecular formula is C21H20Cl2Zr. The third kappa shape index (κ3) is 2.44. The number of allylic oxidation sites excluding steroid dienone is 4. The largest absolute Gasteiger partial charge is 1.00 e. The second-order valence-corrected chi connectivity index (χ2v) is 18.2. The monoisotopic (exact) mass is 432 g/mol. The van der Waals surface area contributed by atoms with Crippen molar-refractivity contribution in [3.8, 4) is 11.1 Å². The van der Waals surface area contributed by atoms with E-state index in [2.05, 4.69) is 67.6 Å². The second kappa shape index (κ2) is 6.60. The van der Waals surface area contributed by atoms with Crippen molar-refractivity contribution >= 4 is 3.27 Å². The molecule has 5 rings (SSSR count). The van der Waals surface area contributed by atoms with Crippen molar-refractivity contribution < 1.29 is 45.1 Å². The van der Waals surface area contributed by atoms with Crippen molar-refractivity contribution in [2.75, 3.05) is 0 Å². The van der Waals surface area contributed by atoms with Crippen LogP contribution >= 0.6 is 0 Å². The van der Waals surface area contributed by atoms with Crippen molar-refractivity contribution in [2.45, 2.75) is 27.5 Å². The van der Waals surface area contributed by atoms with Crippen molar-refractivity contribution in [2.24, 2.45) is 0 Å². The van der Waals surface area contributed by atoms with Crippen LogP contribution in [0.4, 0.5) is 0 Å². The Morgan fingerprint density at radius 1 is 0.958 bits per heavy atom. The van der Waals surface area contributed by atoms with E-state index in [9.17, 15) is 0 Å². The first-order chi connectivity index (χ1) is 10.8. The molecule has 2 aromatic rings. The molecular weight excluding hydrogens is 414 g/mol. The van der Waals surface area contributed by atoms with Crippen LogP contribution in [0.3, 0.4) is 0 Å². The number of rotatable bonds is 2. The van der Waals surface area contributed by atoms with Gasteiger partial charge in [-0.2, -0.15) is 0 Å². The number of halogens is 2. The van der Waals surface area contributed by atoms with E-state index in [0.29, 0.717) is 0 Å². The van der Waals surface area contributed by atoms with Crippen LogP contribution in [0.15, 0.2) is 64.0 Å². The van der Waals surface area contributed by atoms with E-state index in [4.69, 9.17) is 0 Å². The van der Waals surface area contributed by atoms with Gasteiger partial charge in [-0.15, -0.1) is 0 Å². The fraction of sp³-hybridized carbons (Fsp3) is 0.238. The first kappa shape index (κ1) is 18.2. The molecule has 1 saturated heterocycles. The Morgan fingerprint density at radius 3 is 2.42 bits per heavy atom. The van der Waals surface area contributed by atoms with Crippen LogP contribution in [-0.2, 0) is 26.7 Å². The standard InChI is InChI=1S/C13H9.C5H5.C3H6.2ClH.Zr/c1-3-7-12-10(5-1)9-11-6-2-4-8-13(11)12;1-2-4-5-3-1;1-3-2;;;/h1-5,7-8H,9H2;1-3H,4H2;3H,1H2,2H3;2*1H;/q;;;;;+2/p-2. The van der Waals surface area contributed by atoms with E-state index in [1.807, 2.05) is 6.55 Å². The summed E-state index contributed by atoms with van der Waals surface area (Å²) < 4.78 is 6.15. The minimum absolute atomic E-state index is 0. The molecule has 0 saturated carbocycles. The molecule has 0 bridgehead atoms. The van der Waals surface area contributed by atoms with Crippen molar-refractivity contribution in [3.05, 3.63) is 75.1 Å². The Labute approximate surface area is 161 Å². The smallest absolute Gasteiger partial charge is 1.00 e. The average Bonchev–Trinajstić information content (AvgIpc) is 2.98. The Kier molecular flexibility index (Phi) is 5.00. The topological polar surface area (TPSA) is 0 Å². The molecule has 2 aromatic carbocycles. The molecule has 1 heterocycles. The first-order valence-electron chi connectivity index (χ1n) is 8.37. The summed E-state index contributed by atoms with van der Waals surface area (Å²) in [5, 5.41) is 0. The summed E-state index contributed by atoms with van der Waals surface area (Å²) in [5.74, 6) is 0. The molecule has 0 aromatic heterocycles. The average molecular weight is 435 g/mol. The third-order valence-corrected chi connectivity index (χ3v) is 19.7. The van der Waals surface area contributed by atoms with Crippen molar-refractivity contribution in [1.82, 2.24) is 0 Å². The van der Waals surface area contributed by atoms with E-state index in [1.54, 1.807) is 5.56 Å². The van der Waals surface area contributed by atoms with Gasteiger partial charge in [-0.1, -0.05) is 0 Å². The predicted molar refractivity (Wildman–Crippen MR) is 90.4 cm³/mol. The van der Waals surface area contributed by atoms with Gasteiger partial charge in [0.05, 0.1) is 0 Å². The molecule has 3 aliphatic rings. The summed E-state index contributed by atoms with van der Waals surface area (Å²) in [7, 11) is 0. The maximum absolute atomic E-state index is 2.51. The zero-order valence-electron chi connectivity index (χ0n) is 13.7. The van der Waals surface area contributed by atoms with Gasteiger partial charge in [0, 0.05) is 0 Å². The molecule has 2 atom stereocenters. The molecule has 0 N–H and O–H groups in total. The van der Waals surface area contributed by atoms with E-state index < -0.39 is 20.3 Å². The molecule has 24 heavy (non-hydrogen) atoms. The summed E-state index contributed by atoms with van der Waals surface area (Å²) in [6.07, 6.45) is 9.50. The Bertz CT molecular complexity index is 853. The molecule has 0 amide bonds. The van der Waals surface area contributed by atoms with Crippen molar-refractivity contribution in [1.29, 1.82) is 0 Å². The molecule has 2 unspecified atom stereocenters. The first-order valence-corrected chi connectivity index (χ1v) is 14.0. The van der Waals surface area contributed by atoms with E-state index in [-0.39, 0.29) is 24.8 Å². The maximum atomic E-state index is 2.51. The van der Waals surface area contributed by atoms with E-state index in [1.165, 1.54) is 27.2 Å². The van der Waals surface area contributed by atoms with Crippen LogP contribution in [0.25, 0.3) is 11.1 Å².